The first-order chi connectivity index (χ1) is 10.6. The van der Waals surface area contributed by atoms with Crippen molar-refractivity contribution in [1.29, 1.82) is 0 Å². The number of rotatable bonds is 3. The largest absolute Gasteiger partial charge is 0.342 e. The first-order valence-corrected chi connectivity index (χ1v) is 7.61. The van der Waals surface area contributed by atoms with Crippen molar-refractivity contribution in [3.63, 3.8) is 0 Å². The van der Waals surface area contributed by atoms with E-state index in [2.05, 4.69) is 15.1 Å². The van der Waals surface area contributed by atoms with E-state index < -0.39 is 0 Å². The van der Waals surface area contributed by atoms with Crippen LogP contribution >= 0.6 is 0 Å². The molecule has 6 heteroatoms. The molecule has 1 aliphatic heterocycles. The van der Waals surface area contributed by atoms with Crippen LogP contribution in [0.4, 0.5) is 0 Å². The molecule has 1 aliphatic rings. The van der Waals surface area contributed by atoms with Crippen molar-refractivity contribution in [2.75, 3.05) is 13.1 Å². The summed E-state index contributed by atoms with van der Waals surface area (Å²) < 4.78 is 5.23. The number of hydrogen-bond acceptors (Lipinski definition) is 5. The molecule has 0 aliphatic carbocycles. The molecular weight excluding hydrogens is 280 g/mol. The monoisotopic (exact) mass is 300 g/mol. The summed E-state index contributed by atoms with van der Waals surface area (Å²) in [6.07, 6.45) is 3.94. The van der Waals surface area contributed by atoms with Crippen molar-refractivity contribution < 1.29 is 9.32 Å². The van der Waals surface area contributed by atoms with E-state index in [0.29, 0.717) is 18.1 Å². The minimum atomic E-state index is 0.158. The fourth-order valence-electron chi connectivity index (χ4n) is 2.74. The number of carbonyl (C=O) groups excluding carboxylic acids is 1. The highest BCUT2D eigenvalue weighted by atomic mass is 16.5. The predicted octanol–water partition coefficient (Wildman–Crippen LogP) is 2.03. The van der Waals surface area contributed by atoms with Gasteiger partial charge in [-0.1, -0.05) is 11.2 Å². The molecule has 0 spiro atoms. The zero-order valence-corrected chi connectivity index (χ0v) is 13.0. The SMILES string of the molecule is Cc1ccc(CC(=O)N2CCC(c3nc(C)no3)CC2)cn1. The average Bonchev–Trinajstić information content (AvgIpc) is 2.96. The number of likely N-dealkylation sites (tertiary alicyclic amines) is 1. The maximum Gasteiger partial charge on any atom is 0.229 e. The predicted molar refractivity (Wildman–Crippen MR) is 80.3 cm³/mol. The number of piperidine rings is 1. The van der Waals surface area contributed by atoms with E-state index in [1.165, 1.54) is 0 Å². The van der Waals surface area contributed by atoms with E-state index >= 15 is 0 Å². The van der Waals surface area contributed by atoms with Crippen LogP contribution in [0.25, 0.3) is 0 Å². The normalized spacial score (nSPS) is 16.0. The standard InChI is InChI=1S/C16H20N4O2/c1-11-3-4-13(10-17-11)9-15(21)20-7-5-14(6-8-20)16-18-12(2)19-22-16/h3-4,10,14H,5-9H2,1-2H3. The Kier molecular flexibility index (Phi) is 4.18. The quantitative estimate of drug-likeness (QED) is 0.867. The van der Waals surface area contributed by atoms with E-state index in [9.17, 15) is 4.79 Å². The van der Waals surface area contributed by atoms with Crippen LogP contribution in [0.1, 0.15) is 41.7 Å². The van der Waals surface area contributed by atoms with Crippen LogP contribution in [0.5, 0.6) is 0 Å². The molecule has 1 saturated heterocycles. The molecule has 0 aromatic carbocycles. The third-order valence-corrected chi connectivity index (χ3v) is 4.07. The summed E-state index contributed by atoms with van der Waals surface area (Å²) in [6.45, 7) is 5.24. The lowest BCUT2D eigenvalue weighted by Gasteiger charge is -2.30. The second-order valence-electron chi connectivity index (χ2n) is 5.82. The van der Waals surface area contributed by atoms with Gasteiger partial charge in [-0.15, -0.1) is 0 Å². The minimum absolute atomic E-state index is 0.158. The van der Waals surface area contributed by atoms with Gasteiger partial charge >= 0.3 is 0 Å². The molecule has 0 radical (unpaired) electrons. The van der Waals surface area contributed by atoms with Crippen molar-refractivity contribution in [2.45, 2.75) is 39.0 Å². The third kappa shape index (κ3) is 3.32. The smallest absolute Gasteiger partial charge is 0.229 e. The van der Waals surface area contributed by atoms with Gasteiger partial charge in [-0.2, -0.15) is 4.98 Å². The summed E-state index contributed by atoms with van der Waals surface area (Å²) >= 11 is 0. The van der Waals surface area contributed by atoms with Crippen molar-refractivity contribution in [3.8, 4) is 0 Å². The summed E-state index contributed by atoms with van der Waals surface area (Å²) in [5.74, 6) is 1.80. The second kappa shape index (κ2) is 6.25. The first kappa shape index (κ1) is 14.7. The molecule has 1 amide bonds. The van der Waals surface area contributed by atoms with Gasteiger partial charge in [-0.25, -0.2) is 0 Å². The van der Waals surface area contributed by atoms with Gasteiger partial charge in [0, 0.05) is 30.9 Å². The number of nitrogens with zero attached hydrogens (tertiary/aromatic N) is 4. The lowest BCUT2D eigenvalue weighted by Crippen LogP contribution is -2.38. The number of pyridine rings is 1. The van der Waals surface area contributed by atoms with Crippen LogP contribution in [-0.2, 0) is 11.2 Å². The van der Waals surface area contributed by atoms with E-state index in [1.807, 2.05) is 30.9 Å². The Morgan fingerprint density at radius 3 is 2.68 bits per heavy atom. The Bertz CT molecular complexity index is 642. The Morgan fingerprint density at radius 1 is 1.32 bits per heavy atom. The van der Waals surface area contributed by atoms with Crippen molar-refractivity contribution >= 4 is 5.91 Å². The number of amides is 1. The molecule has 0 bridgehead atoms. The maximum absolute atomic E-state index is 12.3. The Morgan fingerprint density at radius 2 is 2.09 bits per heavy atom. The van der Waals surface area contributed by atoms with Crippen molar-refractivity contribution in [3.05, 3.63) is 41.3 Å². The van der Waals surface area contributed by atoms with E-state index in [0.717, 1.165) is 37.2 Å². The highest BCUT2D eigenvalue weighted by Gasteiger charge is 2.27. The topological polar surface area (TPSA) is 72.1 Å². The molecule has 0 unspecified atom stereocenters. The fraction of sp³-hybridized carbons (Fsp3) is 0.500. The zero-order chi connectivity index (χ0) is 15.5. The highest BCUT2D eigenvalue weighted by Crippen LogP contribution is 2.26. The molecule has 22 heavy (non-hydrogen) atoms. The van der Waals surface area contributed by atoms with Crippen LogP contribution in [0.15, 0.2) is 22.9 Å². The van der Waals surface area contributed by atoms with Gasteiger partial charge in [0.1, 0.15) is 0 Å². The fourth-order valence-corrected chi connectivity index (χ4v) is 2.74. The number of aromatic nitrogens is 3. The minimum Gasteiger partial charge on any atom is -0.342 e. The molecule has 1 fully saturated rings. The molecule has 2 aromatic heterocycles. The molecule has 0 N–H and O–H groups in total. The molecule has 3 heterocycles. The van der Waals surface area contributed by atoms with Crippen LogP contribution in [-0.4, -0.2) is 39.0 Å². The number of hydrogen-bond donors (Lipinski definition) is 0. The molecule has 0 atom stereocenters. The molecule has 116 valence electrons. The molecule has 2 aromatic rings. The number of carbonyl (C=O) groups is 1. The number of aryl methyl sites for hydroxylation is 2. The van der Waals surface area contributed by atoms with Crippen molar-refractivity contribution in [2.24, 2.45) is 0 Å². The Labute approximate surface area is 129 Å². The zero-order valence-electron chi connectivity index (χ0n) is 13.0. The average molecular weight is 300 g/mol. The lowest BCUT2D eigenvalue weighted by atomic mass is 9.96. The third-order valence-electron chi connectivity index (χ3n) is 4.07. The van der Waals surface area contributed by atoms with Crippen LogP contribution in [0, 0.1) is 13.8 Å². The summed E-state index contributed by atoms with van der Waals surface area (Å²) in [5, 5.41) is 3.84. The Balaban J connectivity index is 1.54. The first-order valence-electron chi connectivity index (χ1n) is 7.61. The maximum atomic E-state index is 12.3. The van der Waals surface area contributed by atoms with Gasteiger partial charge in [0.25, 0.3) is 0 Å². The van der Waals surface area contributed by atoms with Crippen molar-refractivity contribution in [1.82, 2.24) is 20.0 Å². The van der Waals surface area contributed by atoms with Crippen LogP contribution < -0.4 is 0 Å². The molecule has 6 nitrogen and oxygen atoms in total. The van der Waals surface area contributed by atoms with E-state index in [1.54, 1.807) is 6.20 Å². The second-order valence-corrected chi connectivity index (χ2v) is 5.82. The molecule has 0 saturated carbocycles. The van der Waals surface area contributed by atoms with Gasteiger partial charge in [0.2, 0.25) is 11.8 Å². The van der Waals surface area contributed by atoms with E-state index in [-0.39, 0.29) is 11.8 Å². The van der Waals surface area contributed by atoms with Gasteiger partial charge < -0.3 is 9.42 Å². The summed E-state index contributed by atoms with van der Waals surface area (Å²) in [4.78, 5) is 22.8. The summed E-state index contributed by atoms with van der Waals surface area (Å²) in [5.41, 5.74) is 1.93. The highest BCUT2D eigenvalue weighted by molar-refractivity contribution is 5.78. The molecule has 3 rings (SSSR count). The van der Waals surface area contributed by atoms with Gasteiger partial charge in [-0.3, -0.25) is 9.78 Å². The molecular formula is C16H20N4O2. The lowest BCUT2D eigenvalue weighted by molar-refractivity contribution is -0.131. The summed E-state index contributed by atoms with van der Waals surface area (Å²) in [7, 11) is 0. The van der Waals surface area contributed by atoms with E-state index in [4.69, 9.17) is 4.52 Å². The Hall–Kier alpha value is -2.24. The van der Waals surface area contributed by atoms with Gasteiger partial charge in [-0.05, 0) is 38.3 Å². The van der Waals surface area contributed by atoms with Crippen LogP contribution in [0.3, 0.4) is 0 Å². The van der Waals surface area contributed by atoms with Gasteiger partial charge in [0.15, 0.2) is 5.82 Å². The summed E-state index contributed by atoms with van der Waals surface area (Å²) in [6, 6.07) is 3.90. The van der Waals surface area contributed by atoms with Crippen LogP contribution in [0.2, 0.25) is 0 Å². The van der Waals surface area contributed by atoms with Gasteiger partial charge in [0.05, 0.1) is 6.42 Å².